The van der Waals surface area contributed by atoms with E-state index in [-0.39, 0.29) is 17.9 Å². The lowest BCUT2D eigenvalue weighted by atomic mass is 10.1. The Kier molecular flexibility index (Phi) is 5.83. The van der Waals surface area contributed by atoms with Crippen molar-refractivity contribution in [3.8, 4) is 0 Å². The van der Waals surface area contributed by atoms with Crippen molar-refractivity contribution < 1.29 is 13.6 Å². The number of anilines is 2. The zero-order valence-electron chi connectivity index (χ0n) is 15.5. The minimum Gasteiger partial charge on any atom is -0.370 e. The van der Waals surface area contributed by atoms with E-state index < -0.39 is 11.6 Å². The van der Waals surface area contributed by atoms with Crippen LogP contribution in [-0.2, 0) is 11.2 Å². The Morgan fingerprint density at radius 1 is 1.15 bits per heavy atom. The summed E-state index contributed by atoms with van der Waals surface area (Å²) in [5, 5.41) is 3.19. The van der Waals surface area contributed by atoms with Crippen LogP contribution in [-0.4, -0.2) is 53.5 Å². The average Bonchev–Trinajstić information content (AvgIpc) is 2.64. The number of hydrogen-bond donors (Lipinski definition) is 1. The van der Waals surface area contributed by atoms with Gasteiger partial charge in [0.25, 0.3) is 0 Å². The summed E-state index contributed by atoms with van der Waals surface area (Å²) in [7, 11) is 0. The van der Waals surface area contributed by atoms with E-state index in [4.69, 9.17) is 0 Å². The molecule has 1 aromatic heterocycles. The Labute approximate surface area is 157 Å². The van der Waals surface area contributed by atoms with Crippen molar-refractivity contribution in [2.45, 2.75) is 20.3 Å². The quantitative estimate of drug-likeness (QED) is 0.870. The van der Waals surface area contributed by atoms with Gasteiger partial charge in [-0.2, -0.15) is 0 Å². The lowest BCUT2D eigenvalue weighted by Gasteiger charge is -2.35. The number of aryl methyl sites for hydroxylation is 1. The van der Waals surface area contributed by atoms with Crippen molar-refractivity contribution in [1.82, 2.24) is 14.9 Å². The van der Waals surface area contributed by atoms with Gasteiger partial charge in [-0.1, -0.05) is 6.07 Å². The molecule has 0 unspecified atom stereocenters. The van der Waals surface area contributed by atoms with Gasteiger partial charge in [0.2, 0.25) is 5.91 Å². The zero-order valence-corrected chi connectivity index (χ0v) is 15.5. The largest absolute Gasteiger partial charge is 0.370 e. The molecule has 8 heteroatoms. The van der Waals surface area contributed by atoms with Crippen LogP contribution in [0.4, 0.5) is 20.4 Å². The number of benzene rings is 1. The molecule has 1 amide bonds. The van der Waals surface area contributed by atoms with Gasteiger partial charge in [-0.05, 0) is 25.5 Å². The molecule has 2 heterocycles. The van der Waals surface area contributed by atoms with Crippen LogP contribution in [0.1, 0.15) is 18.3 Å². The summed E-state index contributed by atoms with van der Waals surface area (Å²) in [6.07, 6.45) is -0.0662. The summed E-state index contributed by atoms with van der Waals surface area (Å²) in [6.45, 7) is 6.97. The molecule has 2 aromatic rings. The molecule has 1 aliphatic rings. The normalized spacial score (nSPS) is 14.4. The molecule has 144 valence electrons. The number of rotatable bonds is 5. The van der Waals surface area contributed by atoms with E-state index in [0.29, 0.717) is 32.0 Å². The highest BCUT2D eigenvalue weighted by atomic mass is 19.1. The number of amides is 1. The molecule has 3 rings (SSSR count). The number of nitrogens with zero attached hydrogens (tertiary/aromatic N) is 4. The summed E-state index contributed by atoms with van der Waals surface area (Å²) in [6, 6.07) is 5.20. The van der Waals surface area contributed by atoms with E-state index >= 15 is 0 Å². The van der Waals surface area contributed by atoms with Crippen LogP contribution < -0.4 is 10.2 Å². The SMILES string of the molecule is CCNc1cc(N2CCN(C(=O)Cc3ccc(F)cc3F)CC2)nc(C)n1. The molecule has 0 spiro atoms. The first-order chi connectivity index (χ1) is 13.0. The van der Waals surface area contributed by atoms with Crippen LogP contribution in [0.15, 0.2) is 24.3 Å². The van der Waals surface area contributed by atoms with Crippen molar-refractivity contribution in [3.05, 3.63) is 47.3 Å². The highest BCUT2D eigenvalue weighted by Gasteiger charge is 2.23. The molecule has 1 fully saturated rings. The van der Waals surface area contributed by atoms with Crippen LogP contribution >= 0.6 is 0 Å². The van der Waals surface area contributed by atoms with Crippen LogP contribution in [0, 0.1) is 18.6 Å². The Morgan fingerprint density at radius 3 is 2.56 bits per heavy atom. The van der Waals surface area contributed by atoms with E-state index in [9.17, 15) is 13.6 Å². The van der Waals surface area contributed by atoms with Crippen molar-refractivity contribution >= 4 is 17.5 Å². The number of nitrogens with one attached hydrogen (secondary N) is 1. The van der Waals surface area contributed by atoms with E-state index in [0.717, 1.165) is 24.2 Å². The molecule has 0 aliphatic carbocycles. The third kappa shape index (κ3) is 4.69. The maximum Gasteiger partial charge on any atom is 0.227 e. The van der Waals surface area contributed by atoms with E-state index in [1.54, 1.807) is 4.90 Å². The molecule has 0 bridgehead atoms. The Bertz CT molecular complexity index is 822. The van der Waals surface area contributed by atoms with Gasteiger partial charge in [0.15, 0.2) is 0 Å². The van der Waals surface area contributed by atoms with Gasteiger partial charge in [0.05, 0.1) is 6.42 Å². The molecular weight excluding hydrogens is 352 g/mol. The fourth-order valence-electron chi connectivity index (χ4n) is 3.11. The Balaban J connectivity index is 1.60. The molecule has 0 saturated carbocycles. The molecule has 6 nitrogen and oxygen atoms in total. The molecule has 0 atom stereocenters. The first-order valence-corrected chi connectivity index (χ1v) is 9.02. The predicted octanol–water partition coefficient (Wildman–Crippen LogP) is 2.39. The number of carbonyl (C=O) groups excluding carboxylic acids is 1. The second kappa shape index (κ2) is 8.28. The number of halogens is 2. The summed E-state index contributed by atoms with van der Waals surface area (Å²) in [5.74, 6) is 0.810. The summed E-state index contributed by atoms with van der Waals surface area (Å²) in [5.41, 5.74) is 0.213. The summed E-state index contributed by atoms with van der Waals surface area (Å²) >= 11 is 0. The standard InChI is InChI=1S/C19H23F2N5O/c1-3-22-17-12-18(24-13(2)23-17)25-6-8-26(9-7-25)19(27)10-14-4-5-15(20)11-16(14)21/h4-5,11-12H,3,6-10H2,1-2H3,(H,22,23,24). The fraction of sp³-hybridized carbons (Fsp3) is 0.421. The molecule has 1 N–H and O–H groups in total. The highest BCUT2D eigenvalue weighted by molar-refractivity contribution is 5.79. The van der Waals surface area contributed by atoms with Crippen LogP contribution in [0.25, 0.3) is 0 Å². The third-order valence-electron chi connectivity index (χ3n) is 4.50. The Hall–Kier alpha value is -2.77. The highest BCUT2D eigenvalue weighted by Crippen LogP contribution is 2.18. The number of piperazine rings is 1. The maximum absolute atomic E-state index is 13.8. The van der Waals surface area contributed by atoms with Crippen molar-refractivity contribution in [3.63, 3.8) is 0 Å². The van der Waals surface area contributed by atoms with Crippen molar-refractivity contribution in [2.75, 3.05) is 42.9 Å². The van der Waals surface area contributed by atoms with E-state index in [1.807, 2.05) is 19.9 Å². The topological polar surface area (TPSA) is 61.4 Å². The number of hydrogen-bond acceptors (Lipinski definition) is 5. The summed E-state index contributed by atoms with van der Waals surface area (Å²) < 4.78 is 26.8. The van der Waals surface area contributed by atoms with Crippen LogP contribution in [0.5, 0.6) is 0 Å². The maximum atomic E-state index is 13.8. The molecule has 1 saturated heterocycles. The zero-order chi connectivity index (χ0) is 19.4. The van der Waals surface area contributed by atoms with E-state index in [1.165, 1.54) is 12.1 Å². The molecule has 1 aliphatic heterocycles. The van der Waals surface area contributed by atoms with Gasteiger partial charge < -0.3 is 15.1 Å². The fourth-order valence-corrected chi connectivity index (χ4v) is 3.11. The molecule has 27 heavy (non-hydrogen) atoms. The van der Waals surface area contributed by atoms with Crippen LogP contribution in [0.3, 0.4) is 0 Å². The Morgan fingerprint density at radius 2 is 1.89 bits per heavy atom. The average molecular weight is 375 g/mol. The number of carbonyl (C=O) groups is 1. The first kappa shape index (κ1) is 19.0. The second-order valence-electron chi connectivity index (χ2n) is 6.47. The van der Waals surface area contributed by atoms with Gasteiger partial charge in [-0.25, -0.2) is 18.7 Å². The minimum absolute atomic E-state index is 0.0662. The molecular formula is C19H23F2N5O. The number of aromatic nitrogens is 2. The smallest absolute Gasteiger partial charge is 0.227 e. The van der Waals surface area contributed by atoms with Crippen molar-refractivity contribution in [1.29, 1.82) is 0 Å². The molecule has 0 radical (unpaired) electrons. The van der Waals surface area contributed by atoms with Crippen LogP contribution in [0.2, 0.25) is 0 Å². The van der Waals surface area contributed by atoms with Gasteiger partial charge in [-0.15, -0.1) is 0 Å². The lowest BCUT2D eigenvalue weighted by molar-refractivity contribution is -0.130. The lowest BCUT2D eigenvalue weighted by Crippen LogP contribution is -2.49. The van der Waals surface area contributed by atoms with Crippen molar-refractivity contribution in [2.24, 2.45) is 0 Å². The van der Waals surface area contributed by atoms with Gasteiger partial charge >= 0.3 is 0 Å². The summed E-state index contributed by atoms with van der Waals surface area (Å²) in [4.78, 5) is 25.1. The second-order valence-corrected chi connectivity index (χ2v) is 6.47. The van der Waals surface area contributed by atoms with Gasteiger partial charge in [0, 0.05) is 44.9 Å². The van der Waals surface area contributed by atoms with Gasteiger partial charge in [-0.3, -0.25) is 4.79 Å². The van der Waals surface area contributed by atoms with Gasteiger partial charge in [0.1, 0.15) is 29.1 Å². The van der Waals surface area contributed by atoms with E-state index in [2.05, 4.69) is 20.2 Å². The monoisotopic (exact) mass is 375 g/mol. The first-order valence-electron chi connectivity index (χ1n) is 9.02. The predicted molar refractivity (Wildman–Crippen MR) is 99.8 cm³/mol. The molecule has 1 aromatic carbocycles. The minimum atomic E-state index is -0.686. The third-order valence-corrected chi connectivity index (χ3v) is 4.50.